The minimum absolute atomic E-state index is 0.165. The predicted octanol–water partition coefficient (Wildman–Crippen LogP) is 2.70. The van der Waals surface area contributed by atoms with Gasteiger partial charge >= 0.3 is 12.0 Å². The van der Waals surface area contributed by atoms with E-state index in [4.69, 9.17) is 9.47 Å². The van der Waals surface area contributed by atoms with Crippen molar-refractivity contribution >= 4 is 17.4 Å². The first-order valence-electron chi connectivity index (χ1n) is 6.78. The maximum absolute atomic E-state index is 12.0. The lowest BCUT2D eigenvalue weighted by atomic mass is 10.1. The molecule has 2 aromatic rings. The van der Waals surface area contributed by atoms with Gasteiger partial charge in [0.05, 0.1) is 20.4 Å². The van der Waals surface area contributed by atoms with Crippen molar-refractivity contribution in [2.24, 2.45) is 0 Å². The number of amides is 2. The molecule has 1 heterocycles. The molecular formula is C15H18N4O3. The lowest BCUT2D eigenvalue weighted by Crippen LogP contribution is -2.20. The summed E-state index contributed by atoms with van der Waals surface area (Å²) >= 11 is 0. The van der Waals surface area contributed by atoms with Crippen LogP contribution in [0, 0.1) is 0 Å². The van der Waals surface area contributed by atoms with Crippen molar-refractivity contribution in [1.29, 1.82) is 0 Å². The Balaban J connectivity index is 2.04. The molecule has 1 aromatic carbocycles. The Morgan fingerprint density at radius 1 is 1.14 bits per heavy atom. The van der Waals surface area contributed by atoms with Crippen LogP contribution in [0.4, 0.5) is 16.2 Å². The SMILES string of the molecule is CCc1ccc(NC(=O)Nc2cnc(OC)nc2OC)cc1. The van der Waals surface area contributed by atoms with Crippen molar-refractivity contribution in [2.75, 3.05) is 24.9 Å². The average molecular weight is 302 g/mol. The highest BCUT2D eigenvalue weighted by Gasteiger charge is 2.11. The van der Waals surface area contributed by atoms with Crippen LogP contribution in [0.2, 0.25) is 0 Å². The average Bonchev–Trinajstić information content (AvgIpc) is 2.55. The molecule has 2 amide bonds. The predicted molar refractivity (Wildman–Crippen MR) is 83.6 cm³/mol. The van der Waals surface area contributed by atoms with E-state index >= 15 is 0 Å². The molecule has 7 heteroatoms. The highest BCUT2D eigenvalue weighted by molar-refractivity contribution is 6.00. The Bertz CT molecular complexity index is 644. The second kappa shape index (κ2) is 7.26. The molecule has 7 nitrogen and oxygen atoms in total. The zero-order valence-corrected chi connectivity index (χ0v) is 12.7. The lowest BCUT2D eigenvalue weighted by molar-refractivity contribution is 0.262. The van der Waals surface area contributed by atoms with Crippen molar-refractivity contribution in [3.63, 3.8) is 0 Å². The largest absolute Gasteiger partial charge is 0.479 e. The molecule has 2 N–H and O–H groups in total. The number of carbonyl (C=O) groups is 1. The summed E-state index contributed by atoms with van der Waals surface area (Å²) in [6, 6.07) is 7.38. The van der Waals surface area contributed by atoms with Gasteiger partial charge in [-0.2, -0.15) is 4.98 Å². The number of nitrogens with one attached hydrogen (secondary N) is 2. The van der Waals surface area contributed by atoms with Crippen LogP contribution in [-0.4, -0.2) is 30.2 Å². The van der Waals surface area contributed by atoms with Gasteiger partial charge in [-0.3, -0.25) is 0 Å². The third-order valence-electron chi connectivity index (χ3n) is 2.98. The molecule has 0 saturated carbocycles. The third kappa shape index (κ3) is 3.85. The van der Waals surface area contributed by atoms with E-state index in [2.05, 4.69) is 27.5 Å². The summed E-state index contributed by atoms with van der Waals surface area (Å²) in [5, 5.41) is 5.36. The maximum atomic E-state index is 12.0. The molecular weight excluding hydrogens is 284 g/mol. The number of anilines is 2. The van der Waals surface area contributed by atoms with Gasteiger partial charge in [0.15, 0.2) is 0 Å². The van der Waals surface area contributed by atoms with Crippen LogP contribution in [0.3, 0.4) is 0 Å². The number of aryl methyl sites for hydroxylation is 1. The fourth-order valence-corrected chi connectivity index (χ4v) is 1.80. The Labute approximate surface area is 128 Å². The van der Waals surface area contributed by atoms with E-state index in [0.29, 0.717) is 11.4 Å². The normalized spacial score (nSPS) is 9.95. The number of hydrogen-bond acceptors (Lipinski definition) is 5. The minimum atomic E-state index is -0.406. The van der Waals surface area contributed by atoms with Gasteiger partial charge in [0.1, 0.15) is 5.69 Å². The summed E-state index contributed by atoms with van der Waals surface area (Å²) in [4.78, 5) is 19.9. The van der Waals surface area contributed by atoms with E-state index < -0.39 is 6.03 Å². The van der Waals surface area contributed by atoms with E-state index in [9.17, 15) is 4.79 Å². The zero-order chi connectivity index (χ0) is 15.9. The first kappa shape index (κ1) is 15.6. The molecule has 116 valence electrons. The second-order valence-electron chi connectivity index (χ2n) is 4.41. The van der Waals surface area contributed by atoms with Crippen LogP contribution in [-0.2, 0) is 6.42 Å². The number of carbonyl (C=O) groups excluding carboxylic acids is 1. The van der Waals surface area contributed by atoms with Crippen molar-refractivity contribution < 1.29 is 14.3 Å². The van der Waals surface area contributed by atoms with E-state index in [1.165, 1.54) is 26.0 Å². The van der Waals surface area contributed by atoms with Crippen molar-refractivity contribution in [3.8, 4) is 11.9 Å². The Morgan fingerprint density at radius 3 is 2.45 bits per heavy atom. The third-order valence-corrected chi connectivity index (χ3v) is 2.98. The topological polar surface area (TPSA) is 85.4 Å². The smallest absolute Gasteiger partial charge is 0.323 e. The van der Waals surface area contributed by atoms with Crippen LogP contribution < -0.4 is 20.1 Å². The molecule has 0 aliphatic heterocycles. The zero-order valence-electron chi connectivity index (χ0n) is 12.7. The molecule has 0 aliphatic carbocycles. The Morgan fingerprint density at radius 2 is 1.86 bits per heavy atom. The highest BCUT2D eigenvalue weighted by Crippen LogP contribution is 2.22. The number of rotatable bonds is 5. The maximum Gasteiger partial charge on any atom is 0.323 e. The molecule has 0 saturated heterocycles. The fourth-order valence-electron chi connectivity index (χ4n) is 1.80. The summed E-state index contributed by atoms with van der Waals surface area (Å²) in [6.45, 7) is 2.07. The second-order valence-corrected chi connectivity index (χ2v) is 4.41. The summed E-state index contributed by atoms with van der Waals surface area (Å²) in [5.74, 6) is 0.225. The molecule has 0 bridgehead atoms. The summed E-state index contributed by atoms with van der Waals surface area (Å²) in [5.41, 5.74) is 2.25. The number of hydrogen-bond donors (Lipinski definition) is 2. The van der Waals surface area contributed by atoms with Crippen LogP contribution in [0.5, 0.6) is 11.9 Å². The number of aromatic nitrogens is 2. The molecule has 0 spiro atoms. The Hall–Kier alpha value is -2.83. The Kier molecular flexibility index (Phi) is 5.13. The number of nitrogens with zero attached hydrogens (tertiary/aromatic N) is 2. The summed E-state index contributed by atoms with van der Waals surface area (Å²) in [7, 11) is 2.91. The van der Waals surface area contributed by atoms with Crippen LogP contribution >= 0.6 is 0 Å². The fraction of sp³-hybridized carbons (Fsp3) is 0.267. The van der Waals surface area contributed by atoms with Crippen LogP contribution in [0.15, 0.2) is 30.5 Å². The molecule has 0 aliphatic rings. The molecule has 0 unspecified atom stereocenters. The van der Waals surface area contributed by atoms with Crippen molar-refractivity contribution in [3.05, 3.63) is 36.0 Å². The number of methoxy groups -OCH3 is 2. The first-order chi connectivity index (χ1) is 10.7. The molecule has 22 heavy (non-hydrogen) atoms. The molecule has 0 fully saturated rings. The quantitative estimate of drug-likeness (QED) is 0.887. The first-order valence-corrected chi connectivity index (χ1v) is 6.78. The standard InChI is InChI=1S/C15H18N4O3/c1-4-10-5-7-11(8-6-10)17-14(20)18-12-9-16-15(22-3)19-13(12)21-2/h5-9H,4H2,1-3H3,(H2,17,18,20). The van der Waals surface area contributed by atoms with Crippen LogP contribution in [0.25, 0.3) is 0 Å². The van der Waals surface area contributed by atoms with E-state index in [1.54, 1.807) is 0 Å². The van der Waals surface area contributed by atoms with Gasteiger partial charge < -0.3 is 20.1 Å². The van der Waals surface area contributed by atoms with Gasteiger partial charge in [0, 0.05) is 5.69 Å². The van der Waals surface area contributed by atoms with Gasteiger partial charge in [0.2, 0.25) is 5.88 Å². The van der Waals surface area contributed by atoms with E-state index in [1.807, 2.05) is 24.3 Å². The summed E-state index contributed by atoms with van der Waals surface area (Å²) < 4.78 is 10.00. The molecule has 2 rings (SSSR count). The lowest BCUT2D eigenvalue weighted by Gasteiger charge is -2.11. The highest BCUT2D eigenvalue weighted by atomic mass is 16.5. The van der Waals surface area contributed by atoms with Gasteiger partial charge in [-0.1, -0.05) is 19.1 Å². The molecule has 0 atom stereocenters. The molecule has 1 aromatic heterocycles. The summed E-state index contributed by atoms with van der Waals surface area (Å²) in [6.07, 6.45) is 2.37. The van der Waals surface area contributed by atoms with E-state index in [-0.39, 0.29) is 11.9 Å². The van der Waals surface area contributed by atoms with Gasteiger partial charge in [0.25, 0.3) is 0 Å². The van der Waals surface area contributed by atoms with Crippen LogP contribution in [0.1, 0.15) is 12.5 Å². The van der Waals surface area contributed by atoms with Gasteiger partial charge in [-0.25, -0.2) is 9.78 Å². The monoisotopic (exact) mass is 302 g/mol. The van der Waals surface area contributed by atoms with E-state index in [0.717, 1.165) is 6.42 Å². The number of ether oxygens (including phenoxy) is 2. The van der Waals surface area contributed by atoms with Gasteiger partial charge in [-0.15, -0.1) is 0 Å². The van der Waals surface area contributed by atoms with Gasteiger partial charge in [-0.05, 0) is 24.1 Å². The van der Waals surface area contributed by atoms with Crippen molar-refractivity contribution in [2.45, 2.75) is 13.3 Å². The number of benzene rings is 1. The molecule has 0 radical (unpaired) electrons. The minimum Gasteiger partial charge on any atom is -0.479 e. The number of urea groups is 1. The van der Waals surface area contributed by atoms with Crippen molar-refractivity contribution in [1.82, 2.24) is 9.97 Å².